The number of thioether (sulfide) groups is 1. The van der Waals surface area contributed by atoms with Gasteiger partial charge in [-0.3, -0.25) is 9.59 Å². The number of nitrogens with zero attached hydrogens (tertiary/aromatic N) is 2. The number of carbonyl (C=O) groups is 2. The van der Waals surface area contributed by atoms with Crippen LogP contribution in [0.4, 0.5) is 0 Å². The maximum Gasteiger partial charge on any atom is 0.253 e. The normalized spacial score (nSPS) is 16.7. The van der Waals surface area contributed by atoms with Crippen LogP contribution in [-0.4, -0.2) is 72.9 Å². The Bertz CT molecular complexity index is 577. The van der Waals surface area contributed by atoms with Crippen LogP contribution in [0, 0.1) is 0 Å². The first-order valence-electron chi connectivity index (χ1n) is 8.04. The highest BCUT2D eigenvalue weighted by molar-refractivity contribution is 9.10. The summed E-state index contributed by atoms with van der Waals surface area (Å²) in [7, 11) is 2.06. The van der Waals surface area contributed by atoms with Gasteiger partial charge in [-0.1, -0.05) is 12.1 Å². The van der Waals surface area contributed by atoms with Gasteiger partial charge in [-0.05, 0) is 53.5 Å². The molecular weight excluding hydrogens is 390 g/mol. The smallest absolute Gasteiger partial charge is 0.253 e. The number of amides is 2. The van der Waals surface area contributed by atoms with E-state index in [9.17, 15) is 9.59 Å². The molecule has 0 spiro atoms. The van der Waals surface area contributed by atoms with Gasteiger partial charge in [0.2, 0.25) is 5.91 Å². The third-order valence-electron chi connectivity index (χ3n) is 4.15. The van der Waals surface area contributed by atoms with Crippen molar-refractivity contribution in [1.82, 2.24) is 15.1 Å². The second-order valence-electron chi connectivity index (χ2n) is 5.92. The standard InChI is InChI=1S/C17H24BrN3O2S/c1-20-8-10-21(11-9-20)17(23)15(7-12-24-2)19-16(22)13-5-3-4-6-14(13)18/h3-6,15H,7-12H2,1-2H3,(H,19,22)/t15-/m0/s1. The predicted octanol–water partition coefficient (Wildman–Crippen LogP) is 2.07. The maximum absolute atomic E-state index is 12.8. The largest absolute Gasteiger partial charge is 0.340 e. The molecule has 1 atom stereocenters. The average molecular weight is 414 g/mol. The van der Waals surface area contributed by atoms with Gasteiger partial charge < -0.3 is 15.1 Å². The van der Waals surface area contributed by atoms with Gasteiger partial charge in [-0.25, -0.2) is 0 Å². The molecule has 0 bridgehead atoms. The van der Waals surface area contributed by atoms with Crippen molar-refractivity contribution in [2.45, 2.75) is 12.5 Å². The second-order valence-corrected chi connectivity index (χ2v) is 7.76. The van der Waals surface area contributed by atoms with Crippen molar-refractivity contribution in [1.29, 1.82) is 0 Å². The summed E-state index contributed by atoms with van der Waals surface area (Å²) in [5.41, 5.74) is 0.554. The first kappa shape index (κ1) is 19.3. The zero-order valence-corrected chi connectivity index (χ0v) is 16.5. The van der Waals surface area contributed by atoms with Crippen LogP contribution in [0.3, 0.4) is 0 Å². The summed E-state index contributed by atoms with van der Waals surface area (Å²) in [5, 5.41) is 2.93. The maximum atomic E-state index is 12.8. The van der Waals surface area contributed by atoms with Gasteiger partial charge in [0.15, 0.2) is 0 Å². The number of carbonyl (C=O) groups excluding carboxylic acids is 2. The highest BCUT2D eigenvalue weighted by atomic mass is 79.9. The molecule has 0 unspecified atom stereocenters. The number of piperazine rings is 1. The Labute approximate surface area is 156 Å². The van der Waals surface area contributed by atoms with E-state index in [0.717, 1.165) is 36.4 Å². The van der Waals surface area contributed by atoms with E-state index < -0.39 is 6.04 Å². The highest BCUT2D eigenvalue weighted by Gasteiger charge is 2.28. The molecule has 1 aliphatic heterocycles. The van der Waals surface area contributed by atoms with Crippen LogP contribution in [0.2, 0.25) is 0 Å². The minimum absolute atomic E-state index is 0.0255. The summed E-state index contributed by atoms with van der Waals surface area (Å²) in [5.74, 6) is 0.647. The summed E-state index contributed by atoms with van der Waals surface area (Å²) in [6.45, 7) is 3.18. The van der Waals surface area contributed by atoms with Crippen molar-refractivity contribution in [2.24, 2.45) is 0 Å². The van der Waals surface area contributed by atoms with Crippen molar-refractivity contribution in [3.05, 3.63) is 34.3 Å². The first-order chi connectivity index (χ1) is 11.5. The lowest BCUT2D eigenvalue weighted by atomic mass is 10.1. The Morgan fingerprint density at radius 1 is 1.25 bits per heavy atom. The fourth-order valence-electron chi connectivity index (χ4n) is 2.62. The van der Waals surface area contributed by atoms with Crippen molar-refractivity contribution in [3.63, 3.8) is 0 Å². The molecule has 1 aromatic carbocycles. The molecule has 0 radical (unpaired) electrons. The fourth-order valence-corrected chi connectivity index (χ4v) is 3.56. The van der Waals surface area contributed by atoms with Crippen LogP contribution in [0.15, 0.2) is 28.7 Å². The van der Waals surface area contributed by atoms with E-state index in [4.69, 9.17) is 0 Å². The third-order valence-corrected chi connectivity index (χ3v) is 5.48. The number of hydrogen-bond donors (Lipinski definition) is 1. The minimum atomic E-state index is -0.472. The lowest BCUT2D eigenvalue weighted by Gasteiger charge is -2.34. The van der Waals surface area contributed by atoms with Crippen molar-refractivity contribution < 1.29 is 9.59 Å². The average Bonchev–Trinajstić information content (AvgIpc) is 2.59. The van der Waals surface area contributed by atoms with Crippen LogP contribution >= 0.6 is 27.7 Å². The van der Waals surface area contributed by atoms with Crippen molar-refractivity contribution in [2.75, 3.05) is 45.2 Å². The van der Waals surface area contributed by atoms with E-state index in [-0.39, 0.29) is 11.8 Å². The Morgan fingerprint density at radius 3 is 2.54 bits per heavy atom. The van der Waals surface area contributed by atoms with Crippen molar-refractivity contribution >= 4 is 39.5 Å². The predicted molar refractivity (Wildman–Crippen MR) is 102 cm³/mol. The molecule has 1 saturated heterocycles. The molecule has 7 heteroatoms. The molecule has 0 saturated carbocycles. The van der Waals surface area contributed by atoms with E-state index in [1.165, 1.54) is 0 Å². The molecule has 1 aliphatic rings. The van der Waals surface area contributed by atoms with Crippen LogP contribution < -0.4 is 5.32 Å². The van der Waals surface area contributed by atoms with Crippen LogP contribution in [0.1, 0.15) is 16.8 Å². The van der Waals surface area contributed by atoms with Gasteiger partial charge in [0.05, 0.1) is 5.56 Å². The molecule has 1 aromatic rings. The molecule has 1 heterocycles. The lowest BCUT2D eigenvalue weighted by Crippen LogP contribution is -2.54. The quantitative estimate of drug-likeness (QED) is 0.775. The molecular formula is C17H24BrN3O2S. The molecule has 0 aliphatic carbocycles. The molecule has 1 N–H and O–H groups in total. The van der Waals surface area contributed by atoms with E-state index >= 15 is 0 Å². The topological polar surface area (TPSA) is 52.7 Å². The van der Waals surface area contributed by atoms with Gasteiger partial charge in [0.1, 0.15) is 6.04 Å². The number of halogens is 1. The molecule has 132 valence electrons. The number of likely N-dealkylation sites (N-methyl/N-ethyl adjacent to an activating group) is 1. The number of benzene rings is 1. The summed E-state index contributed by atoms with van der Waals surface area (Å²) in [6, 6.07) is 6.79. The number of nitrogens with one attached hydrogen (secondary N) is 1. The van der Waals surface area contributed by atoms with Gasteiger partial charge >= 0.3 is 0 Å². The first-order valence-corrected chi connectivity index (χ1v) is 10.2. The highest BCUT2D eigenvalue weighted by Crippen LogP contribution is 2.16. The Hall–Kier alpha value is -1.05. The SMILES string of the molecule is CSCC[C@H](NC(=O)c1ccccc1Br)C(=O)N1CCN(C)CC1. The molecule has 2 amide bonds. The zero-order valence-electron chi connectivity index (χ0n) is 14.1. The lowest BCUT2D eigenvalue weighted by molar-refractivity contribution is -0.134. The Kier molecular flexibility index (Phi) is 7.58. The number of hydrogen-bond acceptors (Lipinski definition) is 4. The zero-order chi connectivity index (χ0) is 17.5. The van der Waals surface area contributed by atoms with Crippen molar-refractivity contribution in [3.8, 4) is 0 Å². The van der Waals surface area contributed by atoms with Crippen LogP contribution in [0.5, 0.6) is 0 Å². The van der Waals surface area contributed by atoms with Gasteiger partial charge in [0, 0.05) is 30.7 Å². The van der Waals surface area contributed by atoms with E-state index in [1.807, 2.05) is 29.4 Å². The van der Waals surface area contributed by atoms with Gasteiger partial charge in [-0.15, -0.1) is 0 Å². The Morgan fingerprint density at radius 2 is 1.92 bits per heavy atom. The Balaban J connectivity index is 2.06. The fraction of sp³-hybridized carbons (Fsp3) is 0.529. The third kappa shape index (κ3) is 5.22. The monoisotopic (exact) mass is 413 g/mol. The molecule has 0 aromatic heterocycles. The van der Waals surface area contributed by atoms with Gasteiger partial charge in [-0.2, -0.15) is 11.8 Å². The number of rotatable bonds is 6. The van der Waals surface area contributed by atoms with E-state index in [0.29, 0.717) is 12.0 Å². The van der Waals surface area contributed by atoms with E-state index in [2.05, 4.69) is 33.2 Å². The summed E-state index contributed by atoms with van der Waals surface area (Å²) in [6.07, 6.45) is 2.65. The molecule has 5 nitrogen and oxygen atoms in total. The van der Waals surface area contributed by atoms with Crippen LogP contribution in [-0.2, 0) is 4.79 Å². The summed E-state index contributed by atoms with van der Waals surface area (Å²) < 4.78 is 0.734. The van der Waals surface area contributed by atoms with E-state index in [1.54, 1.807) is 17.8 Å². The van der Waals surface area contributed by atoms with Crippen LogP contribution in [0.25, 0.3) is 0 Å². The summed E-state index contributed by atoms with van der Waals surface area (Å²) >= 11 is 5.07. The molecule has 24 heavy (non-hydrogen) atoms. The van der Waals surface area contributed by atoms with Gasteiger partial charge in [0.25, 0.3) is 5.91 Å². The molecule has 2 rings (SSSR count). The summed E-state index contributed by atoms with van der Waals surface area (Å²) in [4.78, 5) is 29.5. The molecule has 1 fully saturated rings. The minimum Gasteiger partial charge on any atom is -0.340 e. The second kappa shape index (κ2) is 9.44.